The average molecular weight is 281 g/mol. The van der Waals surface area contributed by atoms with Crippen LogP contribution in [0.2, 0.25) is 0 Å². The first-order chi connectivity index (χ1) is 9.38. The number of hydrogen-bond acceptors (Lipinski definition) is 3. The molecule has 0 saturated carbocycles. The first-order valence-corrected chi connectivity index (χ1v) is 7.71. The zero-order valence-electron chi connectivity index (χ0n) is 13.1. The van der Waals surface area contributed by atoms with Crippen LogP contribution in [0.4, 0.5) is 0 Å². The Morgan fingerprint density at radius 2 is 1.85 bits per heavy atom. The number of rotatable bonds is 4. The molecule has 2 rings (SSSR count). The Hall–Kier alpha value is -1.10. The van der Waals surface area contributed by atoms with Crippen molar-refractivity contribution in [3.8, 4) is 0 Å². The van der Waals surface area contributed by atoms with Gasteiger partial charge in [-0.1, -0.05) is 27.7 Å². The summed E-state index contributed by atoms with van der Waals surface area (Å²) >= 11 is 0. The summed E-state index contributed by atoms with van der Waals surface area (Å²) in [5.41, 5.74) is 0. The lowest BCUT2D eigenvalue weighted by Crippen LogP contribution is -2.69. The van der Waals surface area contributed by atoms with E-state index in [1.54, 1.807) is 4.90 Å². The van der Waals surface area contributed by atoms with Gasteiger partial charge in [0.05, 0.1) is 0 Å². The number of carbonyl (C=O) groups excluding carboxylic acids is 2. The van der Waals surface area contributed by atoms with Gasteiger partial charge in [-0.25, -0.2) is 0 Å². The van der Waals surface area contributed by atoms with Gasteiger partial charge < -0.3 is 10.2 Å². The molecule has 2 saturated heterocycles. The molecule has 0 aromatic carbocycles. The molecule has 0 bridgehead atoms. The van der Waals surface area contributed by atoms with E-state index in [0.29, 0.717) is 24.9 Å². The van der Waals surface area contributed by atoms with Crippen LogP contribution < -0.4 is 5.32 Å². The monoisotopic (exact) mass is 281 g/mol. The van der Waals surface area contributed by atoms with Crippen molar-refractivity contribution in [2.75, 3.05) is 26.2 Å². The summed E-state index contributed by atoms with van der Waals surface area (Å²) in [4.78, 5) is 28.8. The standard InChI is InChI=1S/C15H27N3O2/c1-10(2)7-12-15(20)18-6-5-17(8-11(3)4)9-13(18)14(19)16-12/h10-13H,5-9H2,1-4H3,(H,16,19)/t12-,13-/m1/s1. The molecule has 5 heteroatoms. The average Bonchev–Trinajstić information content (AvgIpc) is 2.34. The molecule has 2 aliphatic rings. The maximum atomic E-state index is 12.5. The van der Waals surface area contributed by atoms with Crippen LogP contribution in [0.15, 0.2) is 0 Å². The highest BCUT2D eigenvalue weighted by molar-refractivity contribution is 5.97. The van der Waals surface area contributed by atoms with E-state index >= 15 is 0 Å². The van der Waals surface area contributed by atoms with Crippen LogP contribution in [-0.2, 0) is 9.59 Å². The van der Waals surface area contributed by atoms with Crippen LogP contribution >= 0.6 is 0 Å². The minimum Gasteiger partial charge on any atom is -0.342 e. The predicted octanol–water partition coefficient (Wildman–Crippen LogP) is 0.700. The summed E-state index contributed by atoms with van der Waals surface area (Å²) in [6.45, 7) is 11.7. The molecule has 2 aliphatic heterocycles. The molecule has 2 fully saturated rings. The smallest absolute Gasteiger partial charge is 0.245 e. The molecule has 0 aromatic heterocycles. The van der Waals surface area contributed by atoms with E-state index in [1.165, 1.54) is 0 Å². The molecule has 0 radical (unpaired) electrons. The maximum absolute atomic E-state index is 12.5. The molecule has 2 atom stereocenters. The SMILES string of the molecule is CC(C)C[C@H]1NC(=O)[C@H]2CN(CC(C)C)CCN2C1=O. The quantitative estimate of drug-likeness (QED) is 0.825. The molecule has 0 spiro atoms. The van der Waals surface area contributed by atoms with E-state index in [2.05, 4.69) is 37.9 Å². The van der Waals surface area contributed by atoms with Crippen molar-refractivity contribution in [1.29, 1.82) is 0 Å². The van der Waals surface area contributed by atoms with Crippen LogP contribution in [0.3, 0.4) is 0 Å². The highest BCUT2D eigenvalue weighted by Crippen LogP contribution is 2.20. The highest BCUT2D eigenvalue weighted by atomic mass is 16.2. The lowest BCUT2D eigenvalue weighted by atomic mass is 9.97. The van der Waals surface area contributed by atoms with Crippen molar-refractivity contribution in [3.05, 3.63) is 0 Å². The molecule has 5 nitrogen and oxygen atoms in total. The molecular weight excluding hydrogens is 254 g/mol. The number of nitrogens with zero attached hydrogens (tertiary/aromatic N) is 2. The molecule has 0 aromatic rings. The molecule has 0 unspecified atom stereocenters. The van der Waals surface area contributed by atoms with Gasteiger partial charge in [-0.15, -0.1) is 0 Å². The van der Waals surface area contributed by atoms with Gasteiger partial charge >= 0.3 is 0 Å². The number of piperazine rings is 2. The highest BCUT2D eigenvalue weighted by Gasteiger charge is 2.43. The number of carbonyl (C=O) groups is 2. The Balaban J connectivity index is 2.02. The summed E-state index contributed by atoms with van der Waals surface area (Å²) in [6, 6.07) is -0.617. The second kappa shape index (κ2) is 6.12. The van der Waals surface area contributed by atoms with Gasteiger partial charge in [0, 0.05) is 26.2 Å². The number of hydrogen-bond donors (Lipinski definition) is 1. The largest absolute Gasteiger partial charge is 0.342 e. The third kappa shape index (κ3) is 3.32. The summed E-state index contributed by atoms with van der Waals surface area (Å²) in [7, 11) is 0. The van der Waals surface area contributed by atoms with Crippen molar-refractivity contribution in [3.63, 3.8) is 0 Å². The van der Waals surface area contributed by atoms with Crippen LogP contribution in [0, 0.1) is 11.8 Å². The van der Waals surface area contributed by atoms with Crippen molar-refractivity contribution in [1.82, 2.24) is 15.1 Å². The zero-order valence-corrected chi connectivity index (χ0v) is 13.1. The van der Waals surface area contributed by atoms with E-state index in [4.69, 9.17) is 0 Å². The van der Waals surface area contributed by atoms with Crippen molar-refractivity contribution in [2.45, 2.75) is 46.2 Å². The fraction of sp³-hybridized carbons (Fsp3) is 0.867. The molecular formula is C15H27N3O2. The van der Waals surface area contributed by atoms with Gasteiger partial charge in [0.25, 0.3) is 0 Å². The van der Waals surface area contributed by atoms with Gasteiger partial charge in [0.15, 0.2) is 0 Å². The van der Waals surface area contributed by atoms with Gasteiger partial charge in [-0.2, -0.15) is 0 Å². The van der Waals surface area contributed by atoms with E-state index < -0.39 is 0 Å². The topological polar surface area (TPSA) is 52.7 Å². The van der Waals surface area contributed by atoms with Crippen LogP contribution in [0.1, 0.15) is 34.1 Å². The van der Waals surface area contributed by atoms with E-state index in [1.807, 2.05) is 0 Å². The van der Waals surface area contributed by atoms with E-state index in [9.17, 15) is 9.59 Å². The summed E-state index contributed by atoms with van der Waals surface area (Å²) in [5, 5.41) is 2.91. The molecule has 2 heterocycles. The number of amides is 2. The van der Waals surface area contributed by atoms with Crippen molar-refractivity contribution in [2.24, 2.45) is 11.8 Å². The van der Waals surface area contributed by atoms with Crippen molar-refractivity contribution >= 4 is 11.8 Å². The Labute approximate surface area is 121 Å². The molecule has 20 heavy (non-hydrogen) atoms. The normalized spacial score (nSPS) is 28.0. The first kappa shape index (κ1) is 15.3. The minimum atomic E-state index is -0.324. The van der Waals surface area contributed by atoms with Crippen LogP contribution in [0.5, 0.6) is 0 Å². The van der Waals surface area contributed by atoms with Gasteiger partial charge in [-0.05, 0) is 18.3 Å². The zero-order chi connectivity index (χ0) is 14.9. The maximum Gasteiger partial charge on any atom is 0.245 e. The minimum absolute atomic E-state index is 0.0173. The molecule has 114 valence electrons. The Morgan fingerprint density at radius 1 is 1.15 bits per heavy atom. The lowest BCUT2D eigenvalue weighted by molar-refractivity contribution is -0.153. The van der Waals surface area contributed by atoms with Crippen LogP contribution in [-0.4, -0.2) is 59.9 Å². The fourth-order valence-corrected chi connectivity index (χ4v) is 3.17. The first-order valence-electron chi connectivity index (χ1n) is 7.71. The van der Waals surface area contributed by atoms with Gasteiger partial charge in [-0.3, -0.25) is 14.5 Å². The predicted molar refractivity (Wildman–Crippen MR) is 78.2 cm³/mol. The molecule has 0 aliphatic carbocycles. The van der Waals surface area contributed by atoms with Crippen LogP contribution in [0.25, 0.3) is 0 Å². The summed E-state index contributed by atoms with van der Waals surface area (Å²) < 4.78 is 0. The third-order valence-electron chi connectivity index (χ3n) is 4.00. The van der Waals surface area contributed by atoms with E-state index in [-0.39, 0.29) is 23.9 Å². The van der Waals surface area contributed by atoms with Gasteiger partial charge in [0.2, 0.25) is 11.8 Å². The lowest BCUT2D eigenvalue weighted by Gasteiger charge is -2.45. The number of nitrogens with one attached hydrogen (secondary N) is 1. The van der Waals surface area contributed by atoms with E-state index in [0.717, 1.165) is 19.5 Å². The Bertz CT molecular complexity index is 381. The third-order valence-corrected chi connectivity index (χ3v) is 4.00. The Morgan fingerprint density at radius 3 is 2.45 bits per heavy atom. The fourth-order valence-electron chi connectivity index (χ4n) is 3.17. The molecule has 2 amide bonds. The molecule has 1 N–H and O–H groups in total. The summed E-state index contributed by atoms with van der Waals surface area (Å²) in [6.07, 6.45) is 0.726. The Kier molecular flexibility index (Phi) is 4.68. The van der Waals surface area contributed by atoms with Crippen molar-refractivity contribution < 1.29 is 9.59 Å². The second-order valence-electron chi connectivity index (χ2n) is 6.89. The second-order valence-corrected chi connectivity index (χ2v) is 6.89. The number of fused-ring (bicyclic) bond motifs is 1. The summed E-state index contributed by atoms with van der Waals surface area (Å²) in [5.74, 6) is 1.11. The van der Waals surface area contributed by atoms with Gasteiger partial charge in [0.1, 0.15) is 12.1 Å².